The summed E-state index contributed by atoms with van der Waals surface area (Å²) in [5.74, 6) is 1.03. The molecule has 1 atom stereocenters. The van der Waals surface area contributed by atoms with Crippen molar-refractivity contribution in [2.75, 3.05) is 6.54 Å². The van der Waals surface area contributed by atoms with E-state index in [1.54, 1.807) is 0 Å². The summed E-state index contributed by atoms with van der Waals surface area (Å²) in [5, 5.41) is 3.86. The Balaban J connectivity index is 1.66. The summed E-state index contributed by atoms with van der Waals surface area (Å²) in [4.78, 5) is 0. The minimum Gasteiger partial charge on any atom is -0.313 e. The fourth-order valence-corrected chi connectivity index (χ4v) is 3.81. The second-order valence-corrected chi connectivity index (χ2v) is 7.03. The number of rotatable bonds is 4. The summed E-state index contributed by atoms with van der Waals surface area (Å²) in [6.07, 6.45) is 14.6. The summed E-state index contributed by atoms with van der Waals surface area (Å²) in [6, 6.07) is 0.778. The topological polar surface area (TPSA) is 12.0 Å². The molecular formula is C16H31N. The van der Waals surface area contributed by atoms with Crippen LogP contribution in [0.15, 0.2) is 0 Å². The molecule has 2 fully saturated rings. The van der Waals surface area contributed by atoms with Crippen LogP contribution in [0.1, 0.15) is 78.1 Å². The van der Waals surface area contributed by atoms with Crippen molar-refractivity contribution in [1.82, 2.24) is 5.32 Å². The molecule has 2 aliphatic carbocycles. The number of hydrogen-bond acceptors (Lipinski definition) is 1. The van der Waals surface area contributed by atoms with Crippen molar-refractivity contribution in [2.45, 2.75) is 84.1 Å². The van der Waals surface area contributed by atoms with Crippen LogP contribution in [0.3, 0.4) is 0 Å². The Labute approximate surface area is 108 Å². The average molecular weight is 237 g/mol. The standard InChI is InChI=1S/C16H31N/c1-16(2)12-7-6-10-15(16)17-13-11-14-8-4-3-5-9-14/h14-15,17H,3-13H2,1-2H3. The molecule has 0 spiro atoms. The van der Waals surface area contributed by atoms with Gasteiger partial charge in [0, 0.05) is 6.04 Å². The maximum absolute atomic E-state index is 3.86. The van der Waals surface area contributed by atoms with Crippen molar-refractivity contribution in [3.8, 4) is 0 Å². The van der Waals surface area contributed by atoms with Gasteiger partial charge in [-0.2, -0.15) is 0 Å². The first-order chi connectivity index (χ1) is 8.18. The lowest BCUT2D eigenvalue weighted by Crippen LogP contribution is -2.44. The van der Waals surface area contributed by atoms with Crippen LogP contribution < -0.4 is 5.32 Å². The van der Waals surface area contributed by atoms with Gasteiger partial charge in [-0.1, -0.05) is 58.8 Å². The zero-order chi connectivity index (χ0) is 12.1. The molecule has 0 bridgehead atoms. The predicted molar refractivity (Wildman–Crippen MR) is 75.2 cm³/mol. The van der Waals surface area contributed by atoms with E-state index in [1.165, 1.54) is 70.8 Å². The van der Waals surface area contributed by atoms with Gasteiger partial charge in [0.05, 0.1) is 0 Å². The van der Waals surface area contributed by atoms with Gasteiger partial charge < -0.3 is 5.32 Å². The second kappa shape index (κ2) is 6.22. The van der Waals surface area contributed by atoms with Gasteiger partial charge in [-0.15, -0.1) is 0 Å². The van der Waals surface area contributed by atoms with Gasteiger partial charge in [-0.25, -0.2) is 0 Å². The molecule has 0 saturated heterocycles. The lowest BCUT2D eigenvalue weighted by molar-refractivity contribution is 0.164. The molecule has 2 aliphatic rings. The fraction of sp³-hybridized carbons (Fsp3) is 1.00. The van der Waals surface area contributed by atoms with E-state index in [0.29, 0.717) is 5.41 Å². The molecule has 0 aromatic carbocycles. The minimum absolute atomic E-state index is 0.533. The van der Waals surface area contributed by atoms with Crippen LogP contribution in [-0.2, 0) is 0 Å². The molecule has 0 aromatic heterocycles. The highest BCUT2D eigenvalue weighted by atomic mass is 14.9. The quantitative estimate of drug-likeness (QED) is 0.758. The fourth-order valence-electron chi connectivity index (χ4n) is 3.81. The van der Waals surface area contributed by atoms with Gasteiger partial charge in [-0.05, 0) is 37.1 Å². The van der Waals surface area contributed by atoms with Crippen molar-refractivity contribution in [2.24, 2.45) is 11.3 Å². The Morgan fingerprint density at radius 2 is 1.65 bits per heavy atom. The highest BCUT2D eigenvalue weighted by molar-refractivity contribution is 4.87. The molecule has 1 nitrogen and oxygen atoms in total. The molecule has 1 heteroatoms. The molecule has 2 rings (SSSR count). The maximum atomic E-state index is 3.86. The van der Waals surface area contributed by atoms with Gasteiger partial charge in [0.25, 0.3) is 0 Å². The Morgan fingerprint density at radius 1 is 0.941 bits per heavy atom. The monoisotopic (exact) mass is 237 g/mol. The first-order valence-corrected chi connectivity index (χ1v) is 7.92. The first-order valence-electron chi connectivity index (χ1n) is 7.92. The van der Waals surface area contributed by atoms with Crippen LogP contribution in [0.25, 0.3) is 0 Å². The molecule has 0 aromatic rings. The molecule has 2 saturated carbocycles. The normalized spacial score (nSPS) is 30.4. The lowest BCUT2D eigenvalue weighted by atomic mass is 9.73. The van der Waals surface area contributed by atoms with Crippen molar-refractivity contribution < 1.29 is 0 Å². The maximum Gasteiger partial charge on any atom is 0.0118 e. The van der Waals surface area contributed by atoms with Crippen LogP contribution in [0, 0.1) is 11.3 Å². The minimum atomic E-state index is 0.533. The highest BCUT2D eigenvalue weighted by Crippen LogP contribution is 2.35. The SMILES string of the molecule is CC1(C)CCCCC1NCCC1CCCCC1. The van der Waals surface area contributed by atoms with Crippen LogP contribution in [0.5, 0.6) is 0 Å². The second-order valence-electron chi connectivity index (χ2n) is 7.03. The van der Waals surface area contributed by atoms with E-state index in [2.05, 4.69) is 19.2 Å². The molecule has 0 amide bonds. The van der Waals surface area contributed by atoms with Crippen molar-refractivity contribution in [3.05, 3.63) is 0 Å². The van der Waals surface area contributed by atoms with Crippen LogP contribution in [-0.4, -0.2) is 12.6 Å². The molecule has 17 heavy (non-hydrogen) atoms. The predicted octanol–water partition coefficient (Wildman–Crippen LogP) is 4.52. The zero-order valence-corrected chi connectivity index (χ0v) is 11.9. The first kappa shape index (κ1) is 13.4. The Kier molecular flexibility index (Phi) is 4.90. The molecule has 1 N–H and O–H groups in total. The van der Waals surface area contributed by atoms with Crippen LogP contribution in [0.2, 0.25) is 0 Å². The molecule has 100 valence electrons. The van der Waals surface area contributed by atoms with E-state index in [9.17, 15) is 0 Å². The summed E-state index contributed by atoms with van der Waals surface area (Å²) in [7, 11) is 0. The summed E-state index contributed by atoms with van der Waals surface area (Å²) in [6.45, 7) is 6.16. The molecule has 0 aliphatic heterocycles. The zero-order valence-electron chi connectivity index (χ0n) is 11.9. The van der Waals surface area contributed by atoms with E-state index in [-0.39, 0.29) is 0 Å². The Hall–Kier alpha value is -0.0400. The molecular weight excluding hydrogens is 206 g/mol. The number of nitrogens with one attached hydrogen (secondary N) is 1. The Morgan fingerprint density at radius 3 is 2.35 bits per heavy atom. The third-order valence-corrected chi connectivity index (χ3v) is 5.18. The van der Waals surface area contributed by atoms with E-state index in [4.69, 9.17) is 0 Å². The average Bonchev–Trinajstić information content (AvgIpc) is 2.32. The smallest absolute Gasteiger partial charge is 0.0118 e. The molecule has 0 radical (unpaired) electrons. The van der Waals surface area contributed by atoms with Crippen molar-refractivity contribution in [3.63, 3.8) is 0 Å². The van der Waals surface area contributed by atoms with Gasteiger partial charge in [-0.3, -0.25) is 0 Å². The van der Waals surface area contributed by atoms with E-state index >= 15 is 0 Å². The number of hydrogen-bond donors (Lipinski definition) is 1. The van der Waals surface area contributed by atoms with Gasteiger partial charge in [0.15, 0.2) is 0 Å². The Bertz CT molecular complexity index is 216. The largest absolute Gasteiger partial charge is 0.313 e. The van der Waals surface area contributed by atoms with Crippen LogP contribution in [0.4, 0.5) is 0 Å². The van der Waals surface area contributed by atoms with E-state index in [0.717, 1.165) is 12.0 Å². The third kappa shape index (κ3) is 3.98. The van der Waals surface area contributed by atoms with E-state index in [1.807, 2.05) is 0 Å². The van der Waals surface area contributed by atoms with Gasteiger partial charge in [0.1, 0.15) is 0 Å². The summed E-state index contributed by atoms with van der Waals surface area (Å²) < 4.78 is 0. The highest BCUT2D eigenvalue weighted by Gasteiger charge is 2.31. The lowest BCUT2D eigenvalue weighted by Gasteiger charge is -2.39. The van der Waals surface area contributed by atoms with Crippen molar-refractivity contribution in [1.29, 1.82) is 0 Å². The van der Waals surface area contributed by atoms with Crippen molar-refractivity contribution >= 4 is 0 Å². The third-order valence-electron chi connectivity index (χ3n) is 5.18. The molecule has 0 heterocycles. The van der Waals surface area contributed by atoms with E-state index < -0.39 is 0 Å². The van der Waals surface area contributed by atoms with Gasteiger partial charge in [0.2, 0.25) is 0 Å². The van der Waals surface area contributed by atoms with Gasteiger partial charge >= 0.3 is 0 Å². The summed E-state index contributed by atoms with van der Waals surface area (Å²) in [5.41, 5.74) is 0.533. The summed E-state index contributed by atoms with van der Waals surface area (Å²) >= 11 is 0. The van der Waals surface area contributed by atoms with Crippen LogP contribution >= 0.6 is 0 Å². The molecule has 1 unspecified atom stereocenters.